The molecular weight excluding hydrogens is 242 g/mol. The maximum Gasteiger partial charge on any atom is 0.136 e. The molecule has 0 aliphatic carbocycles. The van der Waals surface area contributed by atoms with E-state index in [0.717, 1.165) is 27.0 Å². The molecule has 0 fully saturated rings. The van der Waals surface area contributed by atoms with Gasteiger partial charge in [-0.15, -0.1) is 0 Å². The number of anilines is 1. The number of benzene rings is 1. The van der Waals surface area contributed by atoms with Crippen molar-refractivity contribution >= 4 is 21.6 Å². The molecule has 2 N–H and O–H groups in total. The second kappa shape index (κ2) is 4.22. The van der Waals surface area contributed by atoms with Gasteiger partial charge in [0.05, 0.1) is 11.6 Å². The van der Waals surface area contributed by atoms with E-state index < -0.39 is 0 Å². The summed E-state index contributed by atoms with van der Waals surface area (Å²) in [5.74, 6) is 1.30. The van der Waals surface area contributed by atoms with Gasteiger partial charge in [-0.05, 0) is 46.0 Å². The minimum atomic E-state index is 0.407. The first-order valence-corrected chi connectivity index (χ1v) is 5.40. The van der Waals surface area contributed by atoms with Gasteiger partial charge in [0, 0.05) is 5.69 Å². The Hall–Kier alpha value is -0.700. The third-order valence-corrected chi connectivity index (χ3v) is 3.32. The molecule has 0 aromatic heterocycles. The van der Waals surface area contributed by atoms with E-state index in [2.05, 4.69) is 29.8 Å². The topological polar surface area (TPSA) is 35.2 Å². The molecule has 78 valence electrons. The van der Waals surface area contributed by atoms with Crippen LogP contribution < -0.4 is 10.5 Å². The van der Waals surface area contributed by atoms with Crippen LogP contribution in [0.15, 0.2) is 10.5 Å². The van der Waals surface area contributed by atoms with Gasteiger partial charge in [-0.25, -0.2) is 0 Å². The quantitative estimate of drug-likeness (QED) is 0.824. The molecule has 0 amide bonds. The highest BCUT2D eigenvalue weighted by molar-refractivity contribution is 9.10. The van der Waals surface area contributed by atoms with Gasteiger partial charge >= 0.3 is 0 Å². The normalized spacial score (nSPS) is 10.7. The third kappa shape index (κ3) is 1.87. The molecule has 0 aliphatic heterocycles. The SMILES string of the molecule is COc1c(C(C)C)cc(N)c(C)c1Br. The first kappa shape index (κ1) is 11.4. The monoisotopic (exact) mass is 257 g/mol. The molecule has 0 saturated heterocycles. The summed E-state index contributed by atoms with van der Waals surface area (Å²) >= 11 is 3.51. The van der Waals surface area contributed by atoms with Crippen LogP contribution in [0.3, 0.4) is 0 Å². The summed E-state index contributed by atoms with van der Waals surface area (Å²) in [7, 11) is 1.68. The molecule has 3 heteroatoms. The lowest BCUT2D eigenvalue weighted by Crippen LogP contribution is -2.00. The highest BCUT2D eigenvalue weighted by Crippen LogP contribution is 2.38. The molecule has 0 atom stereocenters. The van der Waals surface area contributed by atoms with Crippen LogP contribution in [0.5, 0.6) is 5.75 Å². The summed E-state index contributed by atoms with van der Waals surface area (Å²) in [6, 6.07) is 1.99. The first-order valence-electron chi connectivity index (χ1n) is 4.61. The van der Waals surface area contributed by atoms with Crippen molar-refractivity contribution in [1.82, 2.24) is 0 Å². The van der Waals surface area contributed by atoms with E-state index in [1.807, 2.05) is 13.0 Å². The number of hydrogen-bond acceptors (Lipinski definition) is 2. The van der Waals surface area contributed by atoms with Crippen molar-refractivity contribution in [3.05, 3.63) is 21.7 Å². The lowest BCUT2D eigenvalue weighted by Gasteiger charge is -2.16. The molecule has 1 aromatic rings. The van der Waals surface area contributed by atoms with Crippen LogP contribution in [-0.2, 0) is 0 Å². The maximum atomic E-state index is 5.90. The minimum absolute atomic E-state index is 0.407. The van der Waals surface area contributed by atoms with Gasteiger partial charge in [0.2, 0.25) is 0 Å². The Morgan fingerprint density at radius 2 is 2.00 bits per heavy atom. The molecule has 1 rings (SSSR count). The fourth-order valence-corrected chi connectivity index (χ4v) is 2.02. The average Bonchev–Trinajstić information content (AvgIpc) is 2.13. The van der Waals surface area contributed by atoms with Crippen molar-refractivity contribution < 1.29 is 4.74 Å². The van der Waals surface area contributed by atoms with Crippen molar-refractivity contribution in [2.24, 2.45) is 0 Å². The Morgan fingerprint density at radius 1 is 1.43 bits per heavy atom. The van der Waals surface area contributed by atoms with E-state index in [1.165, 1.54) is 0 Å². The van der Waals surface area contributed by atoms with Crippen molar-refractivity contribution in [3.8, 4) is 5.75 Å². The molecule has 2 nitrogen and oxygen atoms in total. The predicted molar refractivity (Wildman–Crippen MR) is 63.9 cm³/mol. The summed E-state index contributed by atoms with van der Waals surface area (Å²) in [6.45, 7) is 6.23. The largest absolute Gasteiger partial charge is 0.495 e. The highest BCUT2D eigenvalue weighted by atomic mass is 79.9. The summed E-state index contributed by atoms with van der Waals surface area (Å²) < 4.78 is 6.33. The van der Waals surface area contributed by atoms with Gasteiger partial charge in [-0.1, -0.05) is 13.8 Å². The molecule has 0 spiro atoms. The van der Waals surface area contributed by atoms with E-state index in [4.69, 9.17) is 10.5 Å². The number of methoxy groups -OCH3 is 1. The van der Waals surface area contributed by atoms with E-state index >= 15 is 0 Å². The Labute approximate surface area is 93.6 Å². The van der Waals surface area contributed by atoms with Crippen molar-refractivity contribution in [1.29, 1.82) is 0 Å². The number of rotatable bonds is 2. The summed E-state index contributed by atoms with van der Waals surface area (Å²) in [6.07, 6.45) is 0. The zero-order valence-electron chi connectivity index (χ0n) is 9.02. The fourth-order valence-electron chi connectivity index (χ4n) is 1.40. The van der Waals surface area contributed by atoms with Crippen molar-refractivity contribution in [3.63, 3.8) is 0 Å². The summed E-state index contributed by atoms with van der Waals surface area (Å²) in [4.78, 5) is 0. The van der Waals surface area contributed by atoms with Gasteiger partial charge in [0.25, 0.3) is 0 Å². The zero-order valence-corrected chi connectivity index (χ0v) is 10.6. The molecule has 0 heterocycles. The lowest BCUT2D eigenvalue weighted by atomic mass is 9.99. The molecule has 0 saturated carbocycles. The number of nitrogen functional groups attached to an aromatic ring is 1. The number of ether oxygens (including phenoxy) is 1. The van der Waals surface area contributed by atoms with Crippen LogP contribution in [-0.4, -0.2) is 7.11 Å². The smallest absolute Gasteiger partial charge is 0.136 e. The number of hydrogen-bond donors (Lipinski definition) is 1. The Bertz CT molecular complexity index is 348. The standard InChI is InChI=1S/C11H16BrNO/c1-6(2)8-5-9(13)7(3)10(12)11(8)14-4/h5-6H,13H2,1-4H3. The van der Waals surface area contributed by atoms with Crippen LogP contribution >= 0.6 is 15.9 Å². The molecule has 0 radical (unpaired) electrons. The molecule has 1 aromatic carbocycles. The van der Waals surface area contributed by atoms with E-state index in [0.29, 0.717) is 5.92 Å². The number of nitrogens with two attached hydrogens (primary N) is 1. The lowest BCUT2D eigenvalue weighted by molar-refractivity contribution is 0.404. The second-order valence-corrected chi connectivity index (χ2v) is 4.47. The molecular formula is C11H16BrNO. The zero-order chi connectivity index (χ0) is 10.9. The third-order valence-electron chi connectivity index (χ3n) is 2.36. The molecule has 14 heavy (non-hydrogen) atoms. The van der Waals surface area contributed by atoms with E-state index in [1.54, 1.807) is 7.11 Å². The highest BCUT2D eigenvalue weighted by Gasteiger charge is 2.14. The minimum Gasteiger partial charge on any atom is -0.495 e. The van der Waals surface area contributed by atoms with Gasteiger partial charge in [-0.2, -0.15) is 0 Å². The average molecular weight is 258 g/mol. The van der Waals surface area contributed by atoms with Crippen molar-refractivity contribution in [2.75, 3.05) is 12.8 Å². The van der Waals surface area contributed by atoms with Crippen LogP contribution in [0.4, 0.5) is 5.69 Å². The van der Waals surface area contributed by atoms with Crippen LogP contribution in [0.2, 0.25) is 0 Å². The molecule has 0 aliphatic rings. The maximum absolute atomic E-state index is 5.90. The Kier molecular flexibility index (Phi) is 3.43. The van der Waals surface area contributed by atoms with Gasteiger partial charge < -0.3 is 10.5 Å². The molecule has 0 unspecified atom stereocenters. The van der Waals surface area contributed by atoms with Crippen LogP contribution in [0.25, 0.3) is 0 Å². The fraction of sp³-hybridized carbons (Fsp3) is 0.455. The Balaban J connectivity index is 3.43. The van der Waals surface area contributed by atoms with E-state index in [-0.39, 0.29) is 0 Å². The molecule has 0 bridgehead atoms. The van der Waals surface area contributed by atoms with Gasteiger partial charge in [0.1, 0.15) is 5.75 Å². The van der Waals surface area contributed by atoms with E-state index in [9.17, 15) is 0 Å². The Morgan fingerprint density at radius 3 is 2.43 bits per heavy atom. The van der Waals surface area contributed by atoms with Crippen LogP contribution in [0.1, 0.15) is 30.9 Å². The van der Waals surface area contributed by atoms with Gasteiger partial charge in [0.15, 0.2) is 0 Å². The summed E-state index contributed by atoms with van der Waals surface area (Å²) in [5, 5.41) is 0. The number of halogens is 1. The predicted octanol–water partition coefficient (Wildman–Crippen LogP) is 3.47. The van der Waals surface area contributed by atoms with Crippen LogP contribution in [0, 0.1) is 6.92 Å². The first-order chi connectivity index (χ1) is 6.49. The second-order valence-electron chi connectivity index (χ2n) is 3.68. The van der Waals surface area contributed by atoms with Crippen molar-refractivity contribution in [2.45, 2.75) is 26.7 Å². The van der Waals surface area contributed by atoms with Gasteiger partial charge in [-0.3, -0.25) is 0 Å². The summed E-state index contributed by atoms with van der Waals surface area (Å²) in [5.41, 5.74) is 8.88.